The Hall–Kier alpha value is -2.65. The molecule has 0 bridgehead atoms. The molecule has 0 aliphatic heterocycles. The second-order valence-electron chi connectivity index (χ2n) is 4.86. The van der Waals surface area contributed by atoms with Gasteiger partial charge >= 0.3 is 0 Å². The van der Waals surface area contributed by atoms with E-state index in [0.29, 0.717) is 24.0 Å². The molecule has 110 valence electrons. The Balaban J connectivity index is 2.03. The molecule has 1 aromatic heterocycles. The molecule has 22 heavy (non-hydrogen) atoms. The van der Waals surface area contributed by atoms with Crippen molar-refractivity contribution in [2.45, 2.75) is 12.8 Å². The lowest BCUT2D eigenvalue weighted by atomic mass is 10.1. The van der Waals surface area contributed by atoms with Crippen molar-refractivity contribution >= 4 is 26.6 Å². The highest BCUT2D eigenvalue weighted by Gasteiger charge is 2.24. The predicted molar refractivity (Wildman–Crippen MR) is 85.3 cm³/mol. The van der Waals surface area contributed by atoms with Crippen LogP contribution >= 0.6 is 0 Å². The first-order chi connectivity index (χ1) is 10.6. The third-order valence-corrected chi connectivity index (χ3v) is 4.85. The van der Waals surface area contributed by atoms with E-state index in [1.807, 2.05) is 18.2 Å². The molecule has 0 saturated carbocycles. The second kappa shape index (κ2) is 5.62. The van der Waals surface area contributed by atoms with Gasteiger partial charge in [0.05, 0.1) is 16.8 Å². The van der Waals surface area contributed by atoms with Crippen LogP contribution in [-0.4, -0.2) is 13.4 Å². The average molecular weight is 311 g/mol. The maximum atomic E-state index is 12.6. The molecule has 6 heteroatoms. The highest BCUT2D eigenvalue weighted by molar-refractivity contribution is 7.96. The summed E-state index contributed by atoms with van der Waals surface area (Å²) in [5.74, 6) is 0. The number of hydrogen-bond donors (Lipinski definition) is 1. The van der Waals surface area contributed by atoms with Gasteiger partial charge in [0.1, 0.15) is 11.0 Å². The third-order valence-electron chi connectivity index (χ3n) is 3.40. The number of rotatable bonds is 3. The molecule has 1 aliphatic rings. The fraction of sp³-hybridized carbons (Fsp3) is 0.125. The molecule has 2 aromatic rings. The number of hydrogen-bond acceptors (Lipinski definition) is 4. The second-order valence-corrected chi connectivity index (χ2v) is 6.51. The Kier molecular flexibility index (Phi) is 3.65. The number of benzene rings is 1. The van der Waals surface area contributed by atoms with Crippen LogP contribution in [0.4, 0.5) is 5.69 Å². The number of para-hydroxylation sites is 1. The zero-order valence-electron chi connectivity index (χ0n) is 11.7. The zero-order chi connectivity index (χ0) is 15.6. The monoisotopic (exact) mass is 311 g/mol. The lowest BCUT2D eigenvalue weighted by molar-refractivity contribution is 0.607. The number of pyridine rings is 1. The summed E-state index contributed by atoms with van der Waals surface area (Å²) in [6.45, 7) is 0. The number of allylic oxidation sites excluding steroid dienone is 3. The summed E-state index contributed by atoms with van der Waals surface area (Å²) in [4.78, 5) is 4.26. The first kappa shape index (κ1) is 14.3. The molecule has 0 spiro atoms. The number of nitrogens with one attached hydrogen (secondary N) is 1. The van der Waals surface area contributed by atoms with Gasteiger partial charge in [-0.05, 0) is 25.0 Å². The number of sulfonamides is 1. The summed E-state index contributed by atoms with van der Waals surface area (Å²) in [5.41, 5.74) is 1.17. The van der Waals surface area contributed by atoms with Crippen molar-refractivity contribution in [3.05, 3.63) is 59.2 Å². The van der Waals surface area contributed by atoms with E-state index in [1.165, 1.54) is 0 Å². The summed E-state index contributed by atoms with van der Waals surface area (Å²) in [6.07, 6.45) is 6.13. The minimum Gasteiger partial charge on any atom is -0.277 e. The number of nitriles is 1. The topological polar surface area (TPSA) is 82.8 Å². The van der Waals surface area contributed by atoms with E-state index in [1.54, 1.807) is 36.5 Å². The van der Waals surface area contributed by atoms with Gasteiger partial charge in [-0.25, -0.2) is 8.42 Å². The van der Waals surface area contributed by atoms with E-state index >= 15 is 0 Å². The highest BCUT2D eigenvalue weighted by Crippen LogP contribution is 2.27. The molecule has 3 rings (SSSR count). The molecule has 0 saturated heterocycles. The predicted octanol–water partition coefficient (Wildman–Crippen LogP) is 3.10. The minimum atomic E-state index is -3.81. The van der Waals surface area contributed by atoms with Crippen LogP contribution in [0.15, 0.2) is 59.2 Å². The van der Waals surface area contributed by atoms with Gasteiger partial charge in [-0.15, -0.1) is 0 Å². The summed E-state index contributed by atoms with van der Waals surface area (Å²) in [5, 5.41) is 9.94. The highest BCUT2D eigenvalue weighted by atomic mass is 32.2. The van der Waals surface area contributed by atoms with Crippen LogP contribution < -0.4 is 4.72 Å². The van der Waals surface area contributed by atoms with E-state index in [2.05, 4.69) is 9.71 Å². The zero-order valence-corrected chi connectivity index (χ0v) is 12.5. The molecular weight excluding hydrogens is 298 g/mol. The molecule has 1 aromatic carbocycles. The number of aromatic nitrogens is 1. The van der Waals surface area contributed by atoms with Gasteiger partial charge < -0.3 is 0 Å². The number of fused-ring (bicyclic) bond motifs is 1. The Morgan fingerprint density at radius 3 is 2.73 bits per heavy atom. The first-order valence-corrected chi connectivity index (χ1v) is 8.27. The summed E-state index contributed by atoms with van der Waals surface area (Å²) in [6, 6.07) is 10.9. The van der Waals surface area contributed by atoms with Gasteiger partial charge in [-0.1, -0.05) is 30.4 Å². The molecule has 5 nitrogen and oxygen atoms in total. The summed E-state index contributed by atoms with van der Waals surface area (Å²) < 4.78 is 27.7. The smallest absolute Gasteiger partial charge is 0.262 e. The largest absolute Gasteiger partial charge is 0.277 e. The molecule has 0 radical (unpaired) electrons. The van der Waals surface area contributed by atoms with Gasteiger partial charge in [0.15, 0.2) is 0 Å². The molecule has 0 amide bonds. The Labute approximate surface area is 128 Å². The van der Waals surface area contributed by atoms with Crippen LogP contribution in [0.5, 0.6) is 0 Å². The van der Waals surface area contributed by atoms with Crippen molar-refractivity contribution in [1.82, 2.24) is 4.98 Å². The molecular formula is C16H13N3O2S. The molecule has 1 heterocycles. The van der Waals surface area contributed by atoms with Crippen molar-refractivity contribution in [2.75, 3.05) is 4.72 Å². The SMILES string of the molecule is N#CC1=CCCC=C1S(=O)(=O)Nc1cccc2cccnc12. The van der Waals surface area contributed by atoms with Crippen molar-refractivity contribution in [3.8, 4) is 6.07 Å². The number of anilines is 1. The van der Waals surface area contributed by atoms with Gasteiger partial charge in [0, 0.05) is 11.6 Å². The minimum absolute atomic E-state index is 0.0363. The van der Waals surface area contributed by atoms with Crippen molar-refractivity contribution < 1.29 is 8.42 Å². The maximum Gasteiger partial charge on any atom is 0.262 e. The molecule has 1 N–H and O–H groups in total. The van der Waals surface area contributed by atoms with Gasteiger partial charge in [0.25, 0.3) is 10.0 Å². The lowest BCUT2D eigenvalue weighted by Gasteiger charge is -2.14. The maximum absolute atomic E-state index is 12.6. The van der Waals surface area contributed by atoms with E-state index in [4.69, 9.17) is 5.26 Å². The fourth-order valence-electron chi connectivity index (χ4n) is 2.39. The van der Waals surface area contributed by atoms with Crippen LogP contribution in [0.1, 0.15) is 12.8 Å². The van der Waals surface area contributed by atoms with Gasteiger partial charge in [-0.2, -0.15) is 5.26 Å². The van der Waals surface area contributed by atoms with Crippen LogP contribution in [0.3, 0.4) is 0 Å². The van der Waals surface area contributed by atoms with E-state index in [-0.39, 0.29) is 10.5 Å². The Bertz CT molecular complexity index is 932. The molecule has 0 atom stereocenters. The van der Waals surface area contributed by atoms with Crippen molar-refractivity contribution in [1.29, 1.82) is 5.26 Å². The Morgan fingerprint density at radius 1 is 1.14 bits per heavy atom. The van der Waals surface area contributed by atoms with Crippen LogP contribution in [0.25, 0.3) is 10.9 Å². The van der Waals surface area contributed by atoms with E-state index in [0.717, 1.165) is 5.39 Å². The third kappa shape index (κ3) is 2.59. The molecule has 0 unspecified atom stereocenters. The quantitative estimate of drug-likeness (QED) is 0.944. The Morgan fingerprint density at radius 2 is 1.91 bits per heavy atom. The first-order valence-electron chi connectivity index (χ1n) is 6.79. The lowest BCUT2D eigenvalue weighted by Crippen LogP contribution is -2.17. The van der Waals surface area contributed by atoms with Gasteiger partial charge in [-0.3, -0.25) is 9.71 Å². The van der Waals surface area contributed by atoms with Crippen LogP contribution in [0.2, 0.25) is 0 Å². The number of nitrogens with zero attached hydrogens (tertiary/aromatic N) is 2. The molecule has 0 fully saturated rings. The van der Waals surface area contributed by atoms with Crippen molar-refractivity contribution in [2.24, 2.45) is 0 Å². The van der Waals surface area contributed by atoms with Crippen LogP contribution in [0, 0.1) is 11.3 Å². The van der Waals surface area contributed by atoms with Crippen molar-refractivity contribution in [3.63, 3.8) is 0 Å². The van der Waals surface area contributed by atoms with Gasteiger partial charge in [0.2, 0.25) is 0 Å². The van der Waals surface area contributed by atoms with Crippen LogP contribution in [-0.2, 0) is 10.0 Å². The molecule has 1 aliphatic carbocycles. The summed E-state index contributed by atoms with van der Waals surface area (Å²) in [7, 11) is -3.81. The van der Waals surface area contributed by atoms with E-state index in [9.17, 15) is 8.42 Å². The van der Waals surface area contributed by atoms with E-state index < -0.39 is 10.0 Å². The normalized spacial score (nSPS) is 14.9. The fourth-order valence-corrected chi connectivity index (χ4v) is 3.71. The standard InChI is InChI=1S/C16H13N3O2S/c17-11-13-5-1-2-9-15(13)22(20,21)19-14-8-3-6-12-7-4-10-18-16(12)14/h3-10,19H,1-2H2. The average Bonchev–Trinajstić information content (AvgIpc) is 2.55. The summed E-state index contributed by atoms with van der Waals surface area (Å²) >= 11 is 0.